The van der Waals surface area contributed by atoms with Crippen molar-refractivity contribution in [3.63, 3.8) is 0 Å². The number of nitriles is 2. The van der Waals surface area contributed by atoms with E-state index < -0.39 is 40.4 Å². The Balaban J connectivity index is 1.68. The van der Waals surface area contributed by atoms with E-state index in [1.165, 1.54) is 18.2 Å². The molecule has 0 saturated heterocycles. The van der Waals surface area contributed by atoms with Crippen LogP contribution in [0.5, 0.6) is 0 Å². The summed E-state index contributed by atoms with van der Waals surface area (Å²) in [5.74, 6) is -6.97. The van der Waals surface area contributed by atoms with Gasteiger partial charge in [-0.05, 0) is 53.8 Å². The van der Waals surface area contributed by atoms with Crippen LogP contribution in [0.2, 0.25) is 0 Å². The fourth-order valence-electron chi connectivity index (χ4n) is 5.34. The molecule has 1 atom stereocenters. The molecule has 0 bridgehead atoms. The van der Waals surface area contributed by atoms with Crippen LogP contribution < -0.4 is 5.73 Å². The first kappa shape index (κ1) is 27.9. The zero-order valence-electron chi connectivity index (χ0n) is 21.9. The van der Waals surface area contributed by atoms with Gasteiger partial charge >= 0.3 is 0 Å². The molecule has 1 aliphatic rings. The maximum absolute atomic E-state index is 15.0. The summed E-state index contributed by atoms with van der Waals surface area (Å²) in [5.41, 5.74) is 9.31. The van der Waals surface area contributed by atoms with Crippen LogP contribution in [0.15, 0.2) is 77.2 Å². The Bertz CT molecular complexity index is 2080. The fourth-order valence-corrected chi connectivity index (χ4v) is 5.57. The SMILES string of the molecule is N#Cc1ccc(-c2nc3cc(-c4c(F)c(F)c(C#N)c(F)c4F)ccc3c3c2C=C(c2ccccc2)/C(=N/S)C3N)cc1. The quantitative estimate of drug-likeness (QED) is 0.128. The largest absolute Gasteiger partial charge is 0.319 e. The van der Waals surface area contributed by atoms with E-state index in [0.29, 0.717) is 39.0 Å². The van der Waals surface area contributed by atoms with Gasteiger partial charge in [-0.15, -0.1) is 0 Å². The second-order valence-corrected chi connectivity index (χ2v) is 9.91. The van der Waals surface area contributed by atoms with E-state index in [1.807, 2.05) is 36.4 Å². The molecule has 0 fully saturated rings. The van der Waals surface area contributed by atoms with Crippen LogP contribution in [0.4, 0.5) is 17.6 Å². The topological polar surface area (TPSA) is 98.8 Å². The van der Waals surface area contributed by atoms with Crippen LogP contribution in [0, 0.1) is 45.9 Å². The third kappa shape index (κ3) is 4.45. The highest BCUT2D eigenvalue weighted by molar-refractivity contribution is 7.79. The number of nitrogens with zero attached hydrogens (tertiary/aromatic N) is 4. The minimum Gasteiger partial charge on any atom is -0.319 e. The molecular formula is C33H17F4N5S. The Hall–Kier alpha value is -5.29. The summed E-state index contributed by atoms with van der Waals surface area (Å²) in [7, 11) is 0. The lowest BCUT2D eigenvalue weighted by atomic mass is 9.80. The maximum Gasteiger partial charge on any atom is 0.180 e. The highest BCUT2D eigenvalue weighted by atomic mass is 32.1. The summed E-state index contributed by atoms with van der Waals surface area (Å²) in [6.07, 6.45) is 1.89. The fraction of sp³-hybridized carbons (Fsp3) is 0.0303. The van der Waals surface area contributed by atoms with Crippen molar-refractivity contribution in [1.29, 1.82) is 10.5 Å². The van der Waals surface area contributed by atoms with E-state index in [9.17, 15) is 22.8 Å². The van der Waals surface area contributed by atoms with Crippen molar-refractivity contribution in [3.8, 4) is 34.5 Å². The molecule has 43 heavy (non-hydrogen) atoms. The zero-order chi connectivity index (χ0) is 30.4. The van der Waals surface area contributed by atoms with E-state index in [-0.39, 0.29) is 11.1 Å². The molecule has 1 aromatic heterocycles. The van der Waals surface area contributed by atoms with Gasteiger partial charge in [0.05, 0.1) is 40.2 Å². The van der Waals surface area contributed by atoms with Crippen LogP contribution in [-0.2, 0) is 0 Å². The molecule has 5 aromatic rings. The molecule has 6 rings (SSSR count). The Morgan fingerprint density at radius 2 is 1.44 bits per heavy atom. The van der Waals surface area contributed by atoms with E-state index in [0.717, 1.165) is 17.2 Å². The van der Waals surface area contributed by atoms with Crippen LogP contribution >= 0.6 is 12.8 Å². The molecule has 2 N–H and O–H groups in total. The van der Waals surface area contributed by atoms with Gasteiger partial charge in [0.2, 0.25) is 0 Å². The summed E-state index contributed by atoms with van der Waals surface area (Å²) in [6, 6.07) is 22.7. The number of benzene rings is 4. The molecule has 4 aromatic carbocycles. The molecule has 0 spiro atoms. The van der Waals surface area contributed by atoms with Gasteiger partial charge in [-0.3, -0.25) is 0 Å². The summed E-state index contributed by atoms with van der Waals surface area (Å²) < 4.78 is 63.2. The lowest BCUT2D eigenvalue weighted by Crippen LogP contribution is -2.27. The van der Waals surface area contributed by atoms with Crippen molar-refractivity contribution in [2.75, 3.05) is 0 Å². The Kier molecular flexibility index (Phi) is 7.02. The molecule has 0 aliphatic heterocycles. The predicted octanol–water partition coefficient (Wildman–Crippen LogP) is 7.71. The highest BCUT2D eigenvalue weighted by Crippen LogP contribution is 2.43. The van der Waals surface area contributed by atoms with Gasteiger partial charge in [0.1, 0.15) is 11.6 Å². The number of hydrogen-bond donors (Lipinski definition) is 2. The third-order valence-electron chi connectivity index (χ3n) is 7.38. The number of nitrogens with two attached hydrogens (primary N) is 1. The van der Waals surface area contributed by atoms with Crippen LogP contribution in [0.1, 0.15) is 33.9 Å². The zero-order valence-corrected chi connectivity index (χ0v) is 22.8. The summed E-state index contributed by atoms with van der Waals surface area (Å²) in [5, 5.41) is 18.8. The Morgan fingerprint density at radius 1 is 0.791 bits per heavy atom. The van der Waals surface area contributed by atoms with Gasteiger partial charge in [0.15, 0.2) is 23.3 Å². The van der Waals surface area contributed by atoms with Gasteiger partial charge in [-0.25, -0.2) is 26.9 Å². The van der Waals surface area contributed by atoms with Gasteiger partial charge in [-0.2, -0.15) is 10.5 Å². The summed E-state index contributed by atoms with van der Waals surface area (Å²) >= 11 is 4.20. The average Bonchev–Trinajstić information content (AvgIpc) is 3.04. The number of fused-ring (bicyclic) bond motifs is 3. The second-order valence-electron chi connectivity index (χ2n) is 9.71. The molecule has 208 valence electrons. The molecule has 1 heterocycles. The summed E-state index contributed by atoms with van der Waals surface area (Å²) in [6.45, 7) is 0. The molecule has 10 heteroatoms. The summed E-state index contributed by atoms with van der Waals surface area (Å²) in [4.78, 5) is 4.82. The number of halogens is 4. The monoisotopic (exact) mass is 591 g/mol. The van der Waals surface area contributed by atoms with Crippen molar-refractivity contribution in [1.82, 2.24) is 4.98 Å². The molecule has 0 saturated carbocycles. The lowest BCUT2D eigenvalue weighted by molar-refractivity contribution is 0.454. The number of aromatic nitrogens is 1. The van der Waals surface area contributed by atoms with E-state index in [2.05, 4.69) is 23.3 Å². The van der Waals surface area contributed by atoms with E-state index >= 15 is 0 Å². The molecule has 1 unspecified atom stereocenters. The number of pyridine rings is 1. The third-order valence-corrected chi connectivity index (χ3v) is 7.59. The minimum absolute atomic E-state index is 0.198. The molecular weight excluding hydrogens is 574 g/mol. The van der Waals surface area contributed by atoms with Crippen molar-refractivity contribution in [2.45, 2.75) is 6.04 Å². The lowest BCUT2D eigenvalue weighted by Gasteiger charge is -2.28. The highest BCUT2D eigenvalue weighted by Gasteiger charge is 2.31. The van der Waals surface area contributed by atoms with E-state index in [4.69, 9.17) is 16.0 Å². The Morgan fingerprint density at radius 3 is 2.05 bits per heavy atom. The number of rotatable bonds is 3. The smallest absolute Gasteiger partial charge is 0.180 e. The first-order valence-electron chi connectivity index (χ1n) is 12.8. The van der Waals surface area contributed by atoms with Gasteiger partial charge in [0.25, 0.3) is 0 Å². The standard InChI is InChI=1S/C33H17F4N5S/c34-27-23(15-39)28(35)30(37)25(29(27)36)19-10-11-20-24(12-19)41-32(18-8-6-16(14-38)7-9-18)22-13-21(17-4-2-1-3-5-17)33(42-43)31(40)26(20)22/h1-13,31,43H,40H2/b42-33-. The van der Waals surface area contributed by atoms with Crippen molar-refractivity contribution in [3.05, 3.63) is 124 Å². The molecule has 5 nitrogen and oxygen atoms in total. The van der Waals surface area contributed by atoms with Crippen LogP contribution in [0.25, 0.3) is 44.9 Å². The van der Waals surface area contributed by atoms with Gasteiger partial charge in [-0.1, -0.05) is 54.6 Å². The normalized spacial score (nSPS) is 15.1. The molecule has 0 amide bonds. The Labute approximate surface area is 248 Å². The molecule has 0 radical (unpaired) electrons. The van der Waals surface area contributed by atoms with Gasteiger partial charge in [0, 0.05) is 22.1 Å². The molecule has 1 aliphatic carbocycles. The van der Waals surface area contributed by atoms with Crippen molar-refractivity contribution >= 4 is 41.1 Å². The van der Waals surface area contributed by atoms with Crippen LogP contribution in [0.3, 0.4) is 0 Å². The van der Waals surface area contributed by atoms with Crippen molar-refractivity contribution in [2.24, 2.45) is 10.1 Å². The predicted molar refractivity (Wildman–Crippen MR) is 160 cm³/mol. The number of hydrogen-bond acceptors (Lipinski definition) is 6. The maximum atomic E-state index is 15.0. The number of thiol groups is 1. The first-order valence-corrected chi connectivity index (χ1v) is 13.2. The second kappa shape index (κ2) is 10.8. The first-order chi connectivity index (χ1) is 20.8. The van der Waals surface area contributed by atoms with Crippen molar-refractivity contribution < 1.29 is 17.6 Å². The van der Waals surface area contributed by atoms with E-state index in [1.54, 1.807) is 24.3 Å². The average molecular weight is 592 g/mol. The van der Waals surface area contributed by atoms with Gasteiger partial charge < -0.3 is 5.73 Å². The minimum atomic E-state index is -1.79. The van der Waals surface area contributed by atoms with Crippen LogP contribution in [-0.4, -0.2) is 10.7 Å².